The minimum absolute atomic E-state index is 0.00398. The first-order valence-electron chi connectivity index (χ1n) is 12.3. The first kappa shape index (κ1) is 25.6. The van der Waals surface area contributed by atoms with Crippen LogP contribution in [0.3, 0.4) is 0 Å². The van der Waals surface area contributed by atoms with E-state index in [4.69, 9.17) is 18.6 Å². The Hall–Kier alpha value is -5.05. The molecule has 0 aliphatic heterocycles. The van der Waals surface area contributed by atoms with E-state index in [-0.39, 0.29) is 24.7 Å². The fourth-order valence-corrected chi connectivity index (χ4v) is 3.99. The number of methoxy groups -OCH3 is 1. The van der Waals surface area contributed by atoms with Gasteiger partial charge in [0.2, 0.25) is 11.8 Å². The van der Waals surface area contributed by atoms with Crippen molar-refractivity contribution in [1.29, 1.82) is 0 Å². The van der Waals surface area contributed by atoms with Gasteiger partial charge in [0.25, 0.3) is 0 Å². The summed E-state index contributed by atoms with van der Waals surface area (Å²) in [5, 5.41) is 14.0. The fourth-order valence-electron chi connectivity index (χ4n) is 3.99. The maximum absolute atomic E-state index is 11.8. The van der Waals surface area contributed by atoms with E-state index in [9.17, 15) is 9.90 Å². The number of hydrogen-bond donors (Lipinski definition) is 1. The van der Waals surface area contributed by atoms with Crippen molar-refractivity contribution in [2.45, 2.75) is 26.7 Å². The Labute approximate surface area is 225 Å². The largest absolute Gasteiger partial charge is 0.493 e. The fraction of sp³-hybridized carbons (Fsp3) is 0.167. The predicted octanol–water partition coefficient (Wildman–Crippen LogP) is 5.76. The lowest BCUT2D eigenvalue weighted by atomic mass is 10.2. The molecule has 198 valence electrons. The first-order valence-corrected chi connectivity index (χ1v) is 12.3. The molecule has 0 saturated carbocycles. The quantitative estimate of drug-likeness (QED) is 0.232. The van der Waals surface area contributed by atoms with Crippen LogP contribution in [0.2, 0.25) is 0 Å². The monoisotopic (exact) mass is 525 g/mol. The number of nitrogens with zero attached hydrogens (tertiary/aromatic N) is 3. The smallest absolute Gasteiger partial charge is 0.342 e. The number of rotatable bonds is 11. The molecule has 3 aromatic carbocycles. The maximum atomic E-state index is 11.8. The average molecular weight is 526 g/mol. The summed E-state index contributed by atoms with van der Waals surface area (Å²) in [5.74, 6) is 1.20. The molecule has 0 aliphatic rings. The van der Waals surface area contributed by atoms with Gasteiger partial charge in [0, 0.05) is 11.8 Å². The highest BCUT2D eigenvalue weighted by atomic mass is 16.5. The minimum Gasteiger partial charge on any atom is -0.493 e. The summed E-state index contributed by atoms with van der Waals surface area (Å²) in [5.41, 5.74) is 3.34. The molecule has 9 nitrogen and oxygen atoms in total. The number of ether oxygens (including phenoxy) is 3. The summed E-state index contributed by atoms with van der Waals surface area (Å²) >= 11 is 0. The lowest BCUT2D eigenvalue weighted by molar-refractivity contribution is 0.0691. The Morgan fingerprint density at radius 2 is 1.67 bits per heavy atom. The van der Waals surface area contributed by atoms with Gasteiger partial charge in [0.05, 0.1) is 13.7 Å². The molecule has 2 aromatic heterocycles. The second kappa shape index (κ2) is 11.6. The van der Waals surface area contributed by atoms with Crippen LogP contribution in [-0.2, 0) is 19.8 Å². The Bertz CT molecular complexity index is 1560. The third-order valence-electron chi connectivity index (χ3n) is 6.03. The second-order valence-electron chi connectivity index (χ2n) is 8.79. The third-order valence-corrected chi connectivity index (χ3v) is 6.03. The minimum atomic E-state index is -1.11. The number of aromatic carboxylic acids is 1. The summed E-state index contributed by atoms with van der Waals surface area (Å²) in [6, 6.07) is 24.7. The number of aryl methyl sites for hydroxylation is 1. The van der Waals surface area contributed by atoms with E-state index in [1.807, 2.05) is 73.7 Å². The molecule has 1 N–H and O–H groups in total. The van der Waals surface area contributed by atoms with E-state index in [1.165, 1.54) is 6.20 Å². The molecule has 0 spiro atoms. The van der Waals surface area contributed by atoms with E-state index in [1.54, 1.807) is 23.9 Å². The zero-order chi connectivity index (χ0) is 27.2. The van der Waals surface area contributed by atoms with E-state index in [0.29, 0.717) is 35.4 Å². The van der Waals surface area contributed by atoms with E-state index in [0.717, 1.165) is 16.7 Å². The molecule has 2 heterocycles. The standard InChI is InChI=1S/C30H27N3O6/c1-20-25(31-28(39-20)23-11-7-4-8-12-23)19-37-26-14-13-22(15-27(26)36-2)18-38-29-24(30(34)35)17-33(32-29)16-21-9-5-3-6-10-21/h3-15,17H,16,18-19H2,1-2H3,(H,34,35). The molecule has 0 amide bonds. The zero-order valence-corrected chi connectivity index (χ0v) is 21.5. The van der Waals surface area contributed by atoms with Crippen LogP contribution in [0, 0.1) is 6.92 Å². The van der Waals surface area contributed by atoms with Crippen molar-refractivity contribution in [3.63, 3.8) is 0 Å². The molecule has 0 unspecified atom stereocenters. The van der Waals surface area contributed by atoms with Crippen molar-refractivity contribution in [1.82, 2.24) is 14.8 Å². The van der Waals surface area contributed by atoms with Crippen molar-refractivity contribution >= 4 is 5.97 Å². The summed E-state index contributed by atoms with van der Waals surface area (Å²) in [4.78, 5) is 16.3. The Morgan fingerprint density at radius 3 is 2.38 bits per heavy atom. The van der Waals surface area contributed by atoms with Crippen molar-refractivity contribution in [2.75, 3.05) is 7.11 Å². The van der Waals surface area contributed by atoms with Crippen LogP contribution in [0.15, 0.2) is 89.5 Å². The number of carboxylic acids is 1. The first-order chi connectivity index (χ1) is 19.0. The molecule has 0 atom stereocenters. The third kappa shape index (κ3) is 6.10. The van der Waals surface area contributed by atoms with Crippen molar-refractivity contribution in [3.05, 3.63) is 113 Å². The van der Waals surface area contributed by atoms with E-state index >= 15 is 0 Å². The number of carboxylic acid groups (broad SMARTS) is 1. The van der Waals surface area contributed by atoms with Gasteiger partial charge < -0.3 is 23.7 Å². The number of benzene rings is 3. The summed E-state index contributed by atoms with van der Waals surface area (Å²) in [6.45, 7) is 2.59. The van der Waals surface area contributed by atoms with Crippen LogP contribution in [0.5, 0.6) is 17.4 Å². The molecule has 0 bridgehead atoms. The van der Waals surface area contributed by atoms with Gasteiger partial charge in [-0.2, -0.15) is 0 Å². The van der Waals surface area contributed by atoms with E-state index < -0.39 is 5.97 Å². The van der Waals surface area contributed by atoms with Crippen molar-refractivity contribution in [2.24, 2.45) is 0 Å². The van der Waals surface area contributed by atoms with Crippen LogP contribution in [0.1, 0.15) is 32.9 Å². The topological polar surface area (TPSA) is 109 Å². The van der Waals surface area contributed by atoms with Gasteiger partial charge in [0.1, 0.15) is 30.2 Å². The van der Waals surface area contributed by atoms with Gasteiger partial charge in [0.15, 0.2) is 11.5 Å². The van der Waals surface area contributed by atoms with Crippen molar-refractivity contribution < 1.29 is 28.5 Å². The Morgan fingerprint density at radius 1 is 0.923 bits per heavy atom. The number of carbonyl (C=O) groups is 1. The lowest BCUT2D eigenvalue weighted by Crippen LogP contribution is -2.04. The van der Waals surface area contributed by atoms with E-state index in [2.05, 4.69) is 10.1 Å². The van der Waals surface area contributed by atoms with Crippen LogP contribution in [-0.4, -0.2) is 33.0 Å². The predicted molar refractivity (Wildman–Crippen MR) is 143 cm³/mol. The summed E-state index contributed by atoms with van der Waals surface area (Å²) in [7, 11) is 1.55. The SMILES string of the molecule is COc1cc(COc2nn(Cc3ccccc3)cc2C(=O)O)ccc1OCc1nc(-c2ccccc2)oc1C. The van der Waals surface area contributed by atoms with Gasteiger partial charge in [-0.05, 0) is 42.3 Å². The molecule has 0 saturated heterocycles. The average Bonchev–Trinajstić information content (AvgIpc) is 3.55. The highest BCUT2D eigenvalue weighted by Gasteiger charge is 2.18. The molecule has 5 rings (SSSR count). The number of oxazole rings is 1. The Balaban J connectivity index is 1.25. The highest BCUT2D eigenvalue weighted by molar-refractivity contribution is 5.89. The van der Waals surface area contributed by atoms with Crippen LogP contribution in [0.4, 0.5) is 0 Å². The van der Waals surface area contributed by atoms with Gasteiger partial charge in [-0.3, -0.25) is 4.68 Å². The highest BCUT2D eigenvalue weighted by Crippen LogP contribution is 2.30. The summed E-state index contributed by atoms with van der Waals surface area (Å²) in [6.07, 6.45) is 1.47. The normalized spacial score (nSPS) is 10.8. The van der Waals surface area contributed by atoms with Crippen LogP contribution >= 0.6 is 0 Å². The molecule has 9 heteroatoms. The molecule has 0 aliphatic carbocycles. The maximum Gasteiger partial charge on any atom is 0.342 e. The summed E-state index contributed by atoms with van der Waals surface area (Å²) < 4.78 is 24.7. The van der Waals surface area contributed by atoms with Gasteiger partial charge in [-0.25, -0.2) is 9.78 Å². The Kier molecular flexibility index (Phi) is 7.58. The molecule has 0 radical (unpaired) electrons. The van der Waals surface area contributed by atoms with Gasteiger partial charge in [-0.1, -0.05) is 54.6 Å². The number of aromatic nitrogens is 3. The molecule has 39 heavy (non-hydrogen) atoms. The number of hydrogen-bond acceptors (Lipinski definition) is 7. The second-order valence-corrected chi connectivity index (χ2v) is 8.79. The molecule has 5 aromatic rings. The van der Waals surface area contributed by atoms with Crippen molar-refractivity contribution in [3.8, 4) is 28.8 Å². The van der Waals surface area contributed by atoms with Gasteiger partial charge >= 0.3 is 5.97 Å². The zero-order valence-electron chi connectivity index (χ0n) is 21.5. The molecular weight excluding hydrogens is 498 g/mol. The van der Waals surface area contributed by atoms with Crippen LogP contribution < -0.4 is 14.2 Å². The lowest BCUT2D eigenvalue weighted by Gasteiger charge is -2.12. The molecule has 0 fully saturated rings. The van der Waals surface area contributed by atoms with Gasteiger partial charge in [-0.15, -0.1) is 5.10 Å². The molecular formula is C30H27N3O6. The van der Waals surface area contributed by atoms with Crippen LogP contribution in [0.25, 0.3) is 11.5 Å².